The molecule has 1 unspecified atom stereocenters. The number of urea groups is 1. The molecule has 6 nitrogen and oxygen atoms in total. The number of amides is 3. The lowest BCUT2D eigenvalue weighted by Gasteiger charge is -2.17. The Labute approximate surface area is 82.9 Å². The molecule has 2 atom stereocenters. The quantitative estimate of drug-likeness (QED) is 0.457. The van der Waals surface area contributed by atoms with Crippen molar-refractivity contribution in [2.24, 2.45) is 5.73 Å². The van der Waals surface area contributed by atoms with E-state index in [1.165, 1.54) is 6.92 Å². The summed E-state index contributed by atoms with van der Waals surface area (Å²) in [7, 11) is 0. The monoisotopic (exact) mass is 203 g/mol. The first-order valence-corrected chi connectivity index (χ1v) is 4.48. The van der Waals surface area contributed by atoms with Gasteiger partial charge in [0.1, 0.15) is 6.04 Å². The van der Waals surface area contributed by atoms with Gasteiger partial charge in [-0.2, -0.15) is 0 Å². The number of primary amides is 1. The van der Waals surface area contributed by atoms with Crippen LogP contribution in [0.25, 0.3) is 0 Å². The third-order valence-electron chi connectivity index (χ3n) is 1.81. The van der Waals surface area contributed by atoms with Crippen LogP contribution in [0.5, 0.6) is 0 Å². The zero-order valence-corrected chi connectivity index (χ0v) is 8.41. The van der Waals surface area contributed by atoms with Crippen LogP contribution in [0.4, 0.5) is 4.79 Å². The zero-order chi connectivity index (χ0) is 11.1. The van der Waals surface area contributed by atoms with Crippen LogP contribution in [-0.2, 0) is 4.79 Å². The fraction of sp³-hybridized carbons (Fsp3) is 0.750. The summed E-state index contributed by atoms with van der Waals surface area (Å²) in [6, 6.07) is -1.71. The van der Waals surface area contributed by atoms with Crippen molar-refractivity contribution >= 4 is 11.9 Å². The van der Waals surface area contributed by atoms with Gasteiger partial charge in [-0.15, -0.1) is 0 Å². The fourth-order valence-electron chi connectivity index (χ4n) is 0.882. The number of rotatable bonds is 5. The summed E-state index contributed by atoms with van der Waals surface area (Å²) < 4.78 is 0. The predicted octanol–water partition coefficient (Wildman–Crippen LogP) is -1.07. The van der Waals surface area contributed by atoms with Gasteiger partial charge in [-0.25, -0.2) is 4.79 Å². The van der Waals surface area contributed by atoms with E-state index in [0.717, 1.165) is 0 Å². The predicted molar refractivity (Wildman–Crippen MR) is 51.5 cm³/mol. The highest BCUT2D eigenvalue weighted by Gasteiger charge is 2.16. The molecule has 0 bridgehead atoms. The minimum absolute atomic E-state index is 0.120. The molecule has 0 spiro atoms. The second-order valence-corrected chi connectivity index (χ2v) is 3.03. The number of carbonyl (C=O) groups excluding carboxylic acids is 2. The molecule has 0 rings (SSSR count). The highest BCUT2D eigenvalue weighted by molar-refractivity contribution is 5.86. The minimum atomic E-state index is -0.746. The Balaban J connectivity index is 3.99. The van der Waals surface area contributed by atoms with Gasteiger partial charge in [0.15, 0.2) is 0 Å². The van der Waals surface area contributed by atoms with Gasteiger partial charge in [0.2, 0.25) is 5.91 Å². The van der Waals surface area contributed by atoms with E-state index in [9.17, 15) is 9.59 Å². The Hall–Kier alpha value is -1.30. The number of hydrogen-bond acceptors (Lipinski definition) is 3. The molecule has 6 heteroatoms. The summed E-state index contributed by atoms with van der Waals surface area (Å²) in [5.74, 6) is -0.357. The molecule has 0 saturated carbocycles. The molecule has 0 aliphatic carbocycles. The molecular weight excluding hydrogens is 186 g/mol. The first kappa shape index (κ1) is 12.7. The van der Waals surface area contributed by atoms with Crippen LogP contribution >= 0.6 is 0 Å². The topological polar surface area (TPSA) is 104 Å². The lowest BCUT2D eigenvalue weighted by molar-refractivity contribution is -0.123. The standard InChI is InChI=1S/C8H17N3O3/c1-3-6(4-12)11-7(13)5(2)10-8(9)14/h5-6,12H,3-4H2,1-2H3,(H,11,13)(H3,9,10,14)/t5?,6-/m0/s1. The maximum atomic E-state index is 11.3. The summed E-state index contributed by atoms with van der Waals surface area (Å²) in [5, 5.41) is 13.6. The fourth-order valence-corrected chi connectivity index (χ4v) is 0.882. The molecule has 14 heavy (non-hydrogen) atoms. The molecule has 82 valence electrons. The Morgan fingerprint density at radius 3 is 2.36 bits per heavy atom. The van der Waals surface area contributed by atoms with E-state index in [-0.39, 0.29) is 18.6 Å². The van der Waals surface area contributed by atoms with E-state index >= 15 is 0 Å². The van der Waals surface area contributed by atoms with Gasteiger partial charge in [0.25, 0.3) is 0 Å². The average molecular weight is 203 g/mol. The SMILES string of the molecule is CC[C@@H](CO)NC(=O)C(C)NC(N)=O. The number of aliphatic hydroxyl groups is 1. The molecule has 0 radical (unpaired) electrons. The van der Waals surface area contributed by atoms with Crippen molar-refractivity contribution in [2.45, 2.75) is 32.4 Å². The Morgan fingerprint density at radius 2 is 2.00 bits per heavy atom. The number of nitrogens with one attached hydrogen (secondary N) is 2. The van der Waals surface area contributed by atoms with Gasteiger partial charge in [0.05, 0.1) is 12.6 Å². The Kier molecular flexibility index (Phi) is 5.62. The summed E-state index contributed by atoms with van der Waals surface area (Å²) in [6.45, 7) is 3.24. The lowest BCUT2D eigenvalue weighted by atomic mass is 10.2. The maximum absolute atomic E-state index is 11.3. The van der Waals surface area contributed by atoms with Crippen molar-refractivity contribution in [2.75, 3.05) is 6.61 Å². The van der Waals surface area contributed by atoms with Gasteiger partial charge in [-0.1, -0.05) is 6.92 Å². The second-order valence-electron chi connectivity index (χ2n) is 3.03. The summed E-state index contributed by atoms with van der Waals surface area (Å²) >= 11 is 0. The number of nitrogens with two attached hydrogens (primary N) is 1. The van der Waals surface area contributed by atoms with Gasteiger partial charge in [-0.3, -0.25) is 4.79 Å². The van der Waals surface area contributed by atoms with E-state index in [1.54, 1.807) is 0 Å². The van der Waals surface area contributed by atoms with Crippen LogP contribution in [0.15, 0.2) is 0 Å². The average Bonchev–Trinajstić information content (AvgIpc) is 2.12. The van der Waals surface area contributed by atoms with Crippen LogP contribution in [-0.4, -0.2) is 35.7 Å². The van der Waals surface area contributed by atoms with Crippen molar-refractivity contribution in [3.8, 4) is 0 Å². The number of aliphatic hydroxyl groups excluding tert-OH is 1. The molecule has 0 heterocycles. The normalized spacial score (nSPS) is 14.2. The molecule has 0 aromatic carbocycles. The van der Waals surface area contributed by atoms with E-state index in [1.807, 2.05) is 6.92 Å². The van der Waals surface area contributed by atoms with Crippen molar-refractivity contribution in [1.29, 1.82) is 0 Å². The van der Waals surface area contributed by atoms with Crippen LogP contribution in [0.3, 0.4) is 0 Å². The molecule has 0 saturated heterocycles. The van der Waals surface area contributed by atoms with E-state index in [4.69, 9.17) is 10.8 Å². The Morgan fingerprint density at radius 1 is 1.43 bits per heavy atom. The highest BCUT2D eigenvalue weighted by atomic mass is 16.3. The first-order valence-electron chi connectivity index (χ1n) is 4.48. The minimum Gasteiger partial charge on any atom is -0.394 e. The van der Waals surface area contributed by atoms with Gasteiger partial charge in [0, 0.05) is 0 Å². The number of carbonyl (C=O) groups is 2. The van der Waals surface area contributed by atoms with Crippen LogP contribution < -0.4 is 16.4 Å². The summed E-state index contributed by atoms with van der Waals surface area (Å²) in [5.41, 5.74) is 4.85. The number of hydrogen-bond donors (Lipinski definition) is 4. The smallest absolute Gasteiger partial charge is 0.312 e. The highest BCUT2D eigenvalue weighted by Crippen LogP contribution is 1.90. The van der Waals surface area contributed by atoms with E-state index < -0.39 is 12.1 Å². The molecule has 0 aliphatic rings. The summed E-state index contributed by atoms with van der Waals surface area (Å²) in [6.07, 6.45) is 0.630. The molecule has 0 aliphatic heterocycles. The third-order valence-corrected chi connectivity index (χ3v) is 1.81. The molecule has 0 aromatic heterocycles. The largest absolute Gasteiger partial charge is 0.394 e. The van der Waals surface area contributed by atoms with Gasteiger partial charge < -0.3 is 21.5 Å². The molecule has 0 aromatic rings. The van der Waals surface area contributed by atoms with Crippen molar-refractivity contribution < 1.29 is 14.7 Å². The van der Waals surface area contributed by atoms with Crippen LogP contribution in [0.2, 0.25) is 0 Å². The molecular formula is C8H17N3O3. The van der Waals surface area contributed by atoms with Gasteiger partial charge in [-0.05, 0) is 13.3 Å². The van der Waals surface area contributed by atoms with Crippen molar-refractivity contribution in [1.82, 2.24) is 10.6 Å². The van der Waals surface area contributed by atoms with Crippen LogP contribution in [0.1, 0.15) is 20.3 Å². The van der Waals surface area contributed by atoms with Crippen molar-refractivity contribution in [3.05, 3.63) is 0 Å². The van der Waals surface area contributed by atoms with E-state index in [0.29, 0.717) is 6.42 Å². The second kappa shape index (κ2) is 6.20. The lowest BCUT2D eigenvalue weighted by Crippen LogP contribution is -2.50. The molecule has 0 fully saturated rings. The Bertz CT molecular complexity index is 204. The zero-order valence-electron chi connectivity index (χ0n) is 8.41. The third kappa shape index (κ3) is 4.66. The van der Waals surface area contributed by atoms with Crippen molar-refractivity contribution in [3.63, 3.8) is 0 Å². The maximum Gasteiger partial charge on any atom is 0.312 e. The van der Waals surface area contributed by atoms with Gasteiger partial charge >= 0.3 is 6.03 Å². The summed E-state index contributed by atoms with van der Waals surface area (Å²) in [4.78, 5) is 21.7. The molecule has 5 N–H and O–H groups in total. The molecule has 3 amide bonds. The first-order chi connectivity index (χ1) is 6.51. The van der Waals surface area contributed by atoms with E-state index in [2.05, 4.69) is 10.6 Å². The van der Waals surface area contributed by atoms with Crippen LogP contribution in [0, 0.1) is 0 Å².